The molecule has 0 saturated carbocycles. The molecule has 8 heteroatoms. The van der Waals surface area contributed by atoms with E-state index in [9.17, 15) is 18.0 Å². The lowest BCUT2D eigenvalue weighted by atomic mass is 9.96. The van der Waals surface area contributed by atoms with Gasteiger partial charge in [0.2, 0.25) is 9.84 Å². The number of allylic oxidation sites excluding steroid dienone is 1. The average molecular weight is 486 g/mol. The Balaban J connectivity index is 1.38. The monoisotopic (exact) mass is 485 g/mol. The van der Waals surface area contributed by atoms with Crippen LogP contribution >= 0.6 is 0 Å². The molecule has 4 N–H and O–H groups in total. The summed E-state index contributed by atoms with van der Waals surface area (Å²) in [6.45, 7) is 1.94. The number of nitrogen functional groups attached to an aromatic ring is 1. The maximum atomic E-state index is 13.4. The zero-order chi connectivity index (χ0) is 24.7. The lowest BCUT2D eigenvalue weighted by molar-refractivity contribution is 0.0943. The van der Waals surface area contributed by atoms with Crippen molar-refractivity contribution in [3.05, 3.63) is 106 Å². The second kappa shape index (κ2) is 8.56. The van der Waals surface area contributed by atoms with Gasteiger partial charge < -0.3 is 16.4 Å². The van der Waals surface area contributed by atoms with Crippen molar-refractivity contribution in [3.8, 4) is 0 Å². The number of amides is 2. The summed E-state index contributed by atoms with van der Waals surface area (Å²) < 4.78 is 26.7. The van der Waals surface area contributed by atoms with Crippen molar-refractivity contribution in [2.75, 3.05) is 11.1 Å². The minimum Gasteiger partial charge on any atom is -0.399 e. The third kappa shape index (κ3) is 4.24. The molecule has 1 aliphatic carbocycles. The van der Waals surface area contributed by atoms with Crippen LogP contribution in [-0.2, 0) is 9.84 Å². The van der Waals surface area contributed by atoms with Crippen molar-refractivity contribution < 1.29 is 18.0 Å². The van der Waals surface area contributed by atoms with Gasteiger partial charge in [0, 0.05) is 28.1 Å². The van der Waals surface area contributed by atoms with E-state index in [-0.39, 0.29) is 21.6 Å². The fourth-order valence-electron chi connectivity index (χ4n) is 4.22. The molecule has 0 fully saturated rings. The van der Waals surface area contributed by atoms with E-state index in [4.69, 9.17) is 5.73 Å². The largest absolute Gasteiger partial charge is 0.399 e. The Morgan fingerprint density at radius 3 is 2.29 bits per heavy atom. The molecule has 7 nitrogen and oxygen atoms in total. The number of rotatable bonds is 4. The molecular weight excluding hydrogens is 462 g/mol. The molecule has 1 atom stereocenters. The van der Waals surface area contributed by atoms with E-state index in [0.717, 1.165) is 5.56 Å². The number of fused-ring (bicyclic) bond motifs is 3. The Kier molecular flexibility index (Phi) is 5.53. The number of nitrogens with one attached hydrogen (secondary N) is 2. The topological polar surface area (TPSA) is 118 Å². The number of sulfone groups is 1. The van der Waals surface area contributed by atoms with E-state index in [1.165, 1.54) is 6.07 Å². The number of anilines is 2. The highest BCUT2D eigenvalue weighted by Crippen LogP contribution is 2.46. The zero-order valence-electron chi connectivity index (χ0n) is 18.9. The third-order valence-electron chi connectivity index (χ3n) is 6.11. The molecule has 0 radical (unpaired) electrons. The van der Waals surface area contributed by atoms with Crippen molar-refractivity contribution >= 4 is 38.6 Å². The fourth-order valence-corrected chi connectivity index (χ4v) is 6.03. The average Bonchev–Trinajstić information content (AvgIpc) is 3.06. The lowest BCUT2D eigenvalue weighted by Crippen LogP contribution is -2.34. The van der Waals surface area contributed by atoms with E-state index in [1.807, 2.05) is 25.1 Å². The van der Waals surface area contributed by atoms with E-state index >= 15 is 0 Å². The van der Waals surface area contributed by atoms with Gasteiger partial charge in [-0.3, -0.25) is 9.59 Å². The fraction of sp³-hybridized carbons (Fsp3) is 0.111. The Morgan fingerprint density at radius 1 is 0.914 bits per heavy atom. The van der Waals surface area contributed by atoms with Gasteiger partial charge in [0.25, 0.3) is 11.8 Å². The smallest absolute Gasteiger partial charge is 0.255 e. The highest BCUT2D eigenvalue weighted by Gasteiger charge is 2.38. The number of hydrogen-bond donors (Lipinski definition) is 3. The Bertz CT molecular complexity index is 1520. The van der Waals surface area contributed by atoms with Crippen LogP contribution in [0.5, 0.6) is 0 Å². The maximum Gasteiger partial charge on any atom is 0.255 e. The van der Waals surface area contributed by atoms with Crippen LogP contribution in [0.15, 0.2) is 88.7 Å². The first kappa shape index (κ1) is 22.6. The number of aryl methyl sites for hydroxylation is 1. The second-order valence-corrected chi connectivity index (χ2v) is 10.5. The van der Waals surface area contributed by atoms with Crippen LogP contribution < -0.4 is 16.4 Å². The Labute approximate surface area is 203 Å². The van der Waals surface area contributed by atoms with E-state index < -0.39 is 15.9 Å². The van der Waals surface area contributed by atoms with Crippen LogP contribution in [0.1, 0.15) is 38.3 Å². The number of hydrogen-bond acceptors (Lipinski definition) is 5. The number of carbonyl (C=O) groups is 2. The maximum absolute atomic E-state index is 13.4. The SMILES string of the molecule is Cc1ccc(C(=O)NC2C=C3C(=CC2)c2ccc(NC(=O)c4ccc(N)cc4)cc2S3(=O)=O)cc1. The summed E-state index contributed by atoms with van der Waals surface area (Å²) >= 11 is 0. The molecular formula is C27H23N3O4S. The normalized spacial score (nSPS) is 17.5. The summed E-state index contributed by atoms with van der Waals surface area (Å²) in [5.41, 5.74) is 9.77. The van der Waals surface area contributed by atoms with E-state index in [0.29, 0.717) is 40.1 Å². The molecule has 176 valence electrons. The first-order valence-corrected chi connectivity index (χ1v) is 12.6. The van der Waals surface area contributed by atoms with Gasteiger partial charge in [-0.25, -0.2) is 8.42 Å². The number of nitrogens with two attached hydrogens (primary N) is 1. The van der Waals surface area contributed by atoms with Gasteiger partial charge in [-0.05, 0) is 73.5 Å². The predicted octanol–water partition coefficient (Wildman–Crippen LogP) is 4.09. The van der Waals surface area contributed by atoms with Gasteiger partial charge in [-0.1, -0.05) is 29.8 Å². The van der Waals surface area contributed by atoms with E-state index in [2.05, 4.69) is 10.6 Å². The molecule has 1 heterocycles. The molecule has 35 heavy (non-hydrogen) atoms. The molecule has 0 bridgehead atoms. The minimum absolute atomic E-state index is 0.135. The summed E-state index contributed by atoms with van der Waals surface area (Å²) in [5.74, 6) is -0.626. The highest BCUT2D eigenvalue weighted by atomic mass is 32.2. The molecule has 3 aromatic rings. The molecule has 1 unspecified atom stereocenters. The molecule has 0 aromatic heterocycles. The highest BCUT2D eigenvalue weighted by molar-refractivity contribution is 7.96. The third-order valence-corrected chi connectivity index (χ3v) is 7.96. The molecule has 0 spiro atoms. The van der Waals surface area contributed by atoms with Crippen LogP contribution in [0.4, 0.5) is 11.4 Å². The molecule has 3 aromatic carbocycles. The van der Waals surface area contributed by atoms with Gasteiger partial charge in [0.1, 0.15) is 0 Å². The van der Waals surface area contributed by atoms with Gasteiger partial charge in [0.15, 0.2) is 0 Å². The van der Waals surface area contributed by atoms with Crippen molar-refractivity contribution in [3.63, 3.8) is 0 Å². The van der Waals surface area contributed by atoms with Gasteiger partial charge in [0.05, 0.1) is 15.8 Å². The van der Waals surface area contributed by atoms with Crippen LogP contribution in [0.25, 0.3) is 5.57 Å². The standard InChI is InChI=1S/C27H23N3O4S/c1-16-2-4-17(5-3-16)26(31)29-20-10-12-22-23-13-11-21(15-25(23)35(33,34)24(22)14-20)30-27(32)18-6-8-19(28)9-7-18/h2-9,11-15,20H,10,28H2,1H3,(H,29,31)(H,30,32). The molecule has 2 aliphatic rings. The number of benzene rings is 3. The first-order valence-electron chi connectivity index (χ1n) is 11.1. The minimum atomic E-state index is -3.80. The summed E-state index contributed by atoms with van der Waals surface area (Å²) in [4.78, 5) is 25.5. The van der Waals surface area contributed by atoms with Crippen LogP contribution in [0, 0.1) is 6.92 Å². The molecule has 1 aliphatic heterocycles. The Morgan fingerprint density at radius 2 is 1.57 bits per heavy atom. The van der Waals surface area contributed by atoms with Gasteiger partial charge in [-0.15, -0.1) is 0 Å². The quantitative estimate of drug-likeness (QED) is 0.481. The first-order chi connectivity index (χ1) is 16.7. The van der Waals surface area contributed by atoms with Crippen molar-refractivity contribution in [2.24, 2.45) is 0 Å². The Hall–Kier alpha value is -4.17. The van der Waals surface area contributed by atoms with E-state index in [1.54, 1.807) is 54.6 Å². The second-order valence-electron chi connectivity index (χ2n) is 8.62. The van der Waals surface area contributed by atoms with Crippen molar-refractivity contribution in [1.82, 2.24) is 5.32 Å². The van der Waals surface area contributed by atoms with Crippen LogP contribution in [-0.4, -0.2) is 26.3 Å². The van der Waals surface area contributed by atoms with Crippen molar-refractivity contribution in [2.45, 2.75) is 24.3 Å². The molecule has 0 saturated heterocycles. The van der Waals surface area contributed by atoms with Crippen LogP contribution in [0.2, 0.25) is 0 Å². The predicted molar refractivity (Wildman–Crippen MR) is 136 cm³/mol. The van der Waals surface area contributed by atoms with Gasteiger partial charge >= 0.3 is 0 Å². The van der Waals surface area contributed by atoms with Crippen molar-refractivity contribution in [1.29, 1.82) is 0 Å². The summed E-state index contributed by atoms with van der Waals surface area (Å²) in [7, 11) is -3.80. The number of carbonyl (C=O) groups excluding carboxylic acids is 2. The summed E-state index contributed by atoms with van der Waals surface area (Å²) in [5, 5.41) is 5.64. The molecule has 5 rings (SSSR count). The van der Waals surface area contributed by atoms with Crippen LogP contribution in [0.3, 0.4) is 0 Å². The summed E-state index contributed by atoms with van der Waals surface area (Å²) in [6.07, 6.45) is 3.91. The lowest BCUT2D eigenvalue weighted by Gasteiger charge is -2.19. The summed E-state index contributed by atoms with van der Waals surface area (Å²) in [6, 6.07) is 18.0. The molecule has 2 amide bonds. The van der Waals surface area contributed by atoms with Gasteiger partial charge in [-0.2, -0.15) is 0 Å². The zero-order valence-corrected chi connectivity index (χ0v) is 19.7.